The summed E-state index contributed by atoms with van der Waals surface area (Å²) in [5, 5.41) is 36.7. The number of phenols is 1. The number of nitrogens with zero attached hydrogens (tertiary/aromatic N) is 3. The first kappa shape index (κ1) is 35.3. The lowest BCUT2D eigenvalue weighted by Gasteiger charge is -2.25. The molecule has 0 saturated carbocycles. The van der Waals surface area contributed by atoms with Crippen LogP contribution in [0.2, 0.25) is 0 Å². The summed E-state index contributed by atoms with van der Waals surface area (Å²) in [7, 11) is 0. The molecule has 3 N–H and O–H groups in total. The molecule has 2 aliphatic heterocycles. The zero-order chi connectivity index (χ0) is 32.4. The first-order chi connectivity index (χ1) is 20.3. The fourth-order valence-electron chi connectivity index (χ4n) is 4.60. The van der Waals surface area contributed by atoms with E-state index in [0.717, 1.165) is 29.6 Å². The van der Waals surface area contributed by atoms with Gasteiger partial charge in [0.25, 0.3) is 5.69 Å². The summed E-state index contributed by atoms with van der Waals surface area (Å²) in [6.45, 7) is 16.0. The van der Waals surface area contributed by atoms with Crippen molar-refractivity contribution >= 4 is 45.0 Å². The number of anilines is 1. The number of aliphatic hydroxyl groups excluding tert-OH is 2. The Bertz CT molecular complexity index is 1470. The molecule has 0 radical (unpaired) electrons. The third kappa shape index (κ3) is 8.37. The van der Waals surface area contributed by atoms with Crippen LogP contribution in [0, 0.1) is 10.1 Å². The molecule has 2 aliphatic rings. The van der Waals surface area contributed by atoms with Gasteiger partial charge >= 0.3 is 0 Å². The van der Waals surface area contributed by atoms with Crippen molar-refractivity contribution in [3.05, 3.63) is 106 Å². The van der Waals surface area contributed by atoms with Gasteiger partial charge in [-0.3, -0.25) is 19.9 Å². The Morgan fingerprint density at radius 1 is 0.977 bits per heavy atom. The van der Waals surface area contributed by atoms with Crippen LogP contribution in [0.5, 0.6) is 5.75 Å². The van der Waals surface area contributed by atoms with Gasteiger partial charge in [0.05, 0.1) is 29.4 Å². The monoisotopic (exact) mass is 653 g/mol. The minimum atomic E-state index is -0.633. The maximum absolute atomic E-state index is 10.2. The third-order valence-corrected chi connectivity index (χ3v) is 7.80. The van der Waals surface area contributed by atoms with Crippen molar-refractivity contribution < 1.29 is 25.0 Å². The number of hydrogen-bond acceptors (Lipinski definition) is 8. The number of aliphatic hydroxyl groups is 2. The van der Waals surface area contributed by atoms with Gasteiger partial charge in [0.2, 0.25) is 0 Å². The Balaban J connectivity index is 0.000000213. The number of halogens is 1. The summed E-state index contributed by atoms with van der Waals surface area (Å²) >= 11 is 3.00. The van der Waals surface area contributed by atoms with Gasteiger partial charge in [0.15, 0.2) is 6.29 Å². The number of para-hydroxylation sites is 2. The van der Waals surface area contributed by atoms with Crippen LogP contribution in [0.1, 0.15) is 56.1 Å². The standard InChI is InChI=1S/C13H17NO.C11H13N.C7H5NO4.C2H5BrO/c1-10-13(2,3)11-6-4-5-7-12(11)14(10)8-9-15;1-8-11(2,3)9-6-4-5-7-10(9)12-8;9-4-5-3-6(8(11)12)1-2-7(5)10;3-1-2-4/h4-7,15H,1,8-9H2,2-3H3;4-7H,1-3H3;1-4,10H;4H,1-2H2. The largest absolute Gasteiger partial charge is 0.507 e. The fourth-order valence-corrected chi connectivity index (χ4v) is 4.60. The molecule has 0 aliphatic carbocycles. The minimum absolute atomic E-state index is 0.0221. The van der Waals surface area contributed by atoms with Crippen molar-refractivity contribution in [1.29, 1.82) is 0 Å². The van der Waals surface area contributed by atoms with Crippen molar-refractivity contribution in [2.75, 3.05) is 30.0 Å². The van der Waals surface area contributed by atoms with E-state index in [4.69, 9.17) is 15.3 Å². The number of alkyl halides is 1. The van der Waals surface area contributed by atoms with Crippen molar-refractivity contribution in [2.24, 2.45) is 4.99 Å². The number of allylic oxidation sites excluding steroid dienone is 1. The summed E-state index contributed by atoms with van der Waals surface area (Å²) in [5.74, 6) is -0.254. The van der Waals surface area contributed by atoms with Crippen LogP contribution in [0.3, 0.4) is 0 Å². The highest BCUT2D eigenvalue weighted by Gasteiger charge is 2.38. The van der Waals surface area contributed by atoms with Crippen LogP contribution in [-0.4, -0.2) is 57.3 Å². The molecule has 0 spiro atoms. The molecule has 10 heteroatoms. The van der Waals surface area contributed by atoms with Crippen molar-refractivity contribution in [3.63, 3.8) is 0 Å². The molecule has 5 rings (SSSR count). The topological polar surface area (TPSA) is 136 Å². The Morgan fingerprint density at radius 2 is 1.56 bits per heavy atom. The molecule has 0 unspecified atom stereocenters. The number of fused-ring (bicyclic) bond motifs is 2. The lowest BCUT2D eigenvalue weighted by Crippen LogP contribution is -2.27. The van der Waals surface area contributed by atoms with E-state index in [1.54, 1.807) is 0 Å². The van der Waals surface area contributed by atoms with E-state index in [9.17, 15) is 14.9 Å². The normalized spacial score (nSPS) is 14.8. The maximum Gasteiger partial charge on any atom is 0.270 e. The van der Waals surface area contributed by atoms with Crippen molar-refractivity contribution in [3.8, 4) is 5.75 Å². The average molecular weight is 655 g/mol. The summed E-state index contributed by atoms with van der Waals surface area (Å²) in [4.78, 5) is 26.4. The molecule has 43 heavy (non-hydrogen) atoms. The average Bonchev–Trinajstić information content (AvgIpc) is 3.34. The molecule has 2 heterocycles. The smallest absolute Gasteiger partial charge is 0.270 e. The summed E-state index contributed by atoms with van der Waals surface area (Å²) < 4.78 is 0. The predicted molar refractivity (Wildman–Crippen MR) is 176 cm³/mol. The Labute approximate surface area is 261 Å². The van der Waals surface area contributed by atoms with Gasteiger partial charge in [-0.15, -0.1) is 0 Å². The molecule has 0 bridgehead atoms. The van der Waals surface area contributed by atoms with E-state index in [0.29, 0.717) is 18.2 Å². The van der Waals surface area contributed by atoms with E-state index < -0.39 is 4.92 Å². The number of nitro benzene ring substituents is 1. The summed E-state index contributed by atoms with van der Waals surface area (Å²) in [6.07, 6.45) is 0.363. The number of β-amino-alcohol motifs (C(OH)–C–C–N with tert-alkyl or cyclic N) is 1. The number of aliphatic imine (C=N–C) groups is 1. The molecule has 0 aromatic heterocycles. The molecular weight excluding hydrogens is 614 g/mol. The van der Waals surface area contributed by atoms with Crippen molar-refractivity contribution in [1.82, 2.24) is 0 Å². The number of non-ortho nitro benzene ring substituents is 1. The number of aromatic hydroxyl groups is 1. The highest BCUT2D eigenvalue weighted by Crippen LogP contribution is 2.46. The summed E-state index contributed by atoms with van der Waals surface area (Å²) in [6, 6.07) is 19.9. The van der Waals surface area contributed by atoms with Crippen LogP contribution >= 0.6 is 15.9 Å². The van der Waals surface area contributed by atoms with E-state index >= 15 is 0 Å². The molecule has 0 saturated heterocycles. The zero-order valence-corrected chi connectivity index (χ0v) is 26.8. The molecule has 230 valence electrons. The fraction of sp³-hybridized carbons (Fsp3) is 0.333. The maximum atomic E-state index is 10.2. The number of nitro groups is 1. The first-order valence-corrected chi connectivity index (χ1v) is 14.8. The molecule has 9 nitrogen and oxygen atoms in total. The van der Waals surface area contributed by atoms with Gasteiger partial charge in [-0.2, -0.15) is 0 Å². The SMILES string of the molecule is C=C1N(CCO)c2ccccc2C1(C)C.CC1=Nc2ccccc2C1(C)C.O=Cc1cc([N+](=O)[O-])ccc1O.OCCBr. The highest BCUT2D eigenvalue weighted by molar-refractivity contribution is 9.09. The molecular formula is C33H40BrN3O6. The van der Waals surface area contributed by atoms with E-state index in [1.807, 2.05) is 12.1 Å². The quantitative estimate of drug-likeness (QED) is 0.119. The Morgan fingerprint density at radius 3 is 2.09 bits per heavy atom. The number of phenolic OH excluding ortho intramolecular Hbond substituents is 1. The first-order valence-electron chi connectivity index (χ1n) is 13.7. The predicted octanol–water partition coefficient (Wildman–Crippen LogP) is 6.85. The van der Waals surface area contributed by atoms with Gasteiger partial charge in [-0.1, -0.05) is 86.6 Å². The molecule has 0 amide bonds. The third-order valence-electron chi connectivity index (χ3n) is 7.44. The van der Waals surface area contributed by atoms with Crippen LogP contribution in [0.25, 0.3) is 0 Å². The lowest BCUT2D eigenvalue weighted by atomic mass is 9.82. The zero-order valence-electron chi connectivity index (χ0n) is 25.2. The van der Waals surface area contributed by atoms with E-state index in [1.165, 1.54) is 22.5 Å². The minimum Gasteiger partial charge on any atom is -0.507 e. The van der Waals surface area contributed by atoms with Crippen LogP contribution < -0.4 is 4.90 Å². The number of carbonyl (C=O) groups is 1. The molecule has 3 aromatic rings. The van der Waals surface area contributed by atoms with Gasteiger partial charge in [-0.05, 0) is 36.2 Å². The number of hydrogen-bond donors (Lipinski definition) is 3. The van der Waals surface area contributed by atoms with Gasteiger partial charge in [0, 0.05) is 51.9 Å². The van der Waals surface area contributed by atoms with Crippen LogP contribution in [-0.2, 0) is 10.8 Å². The second-order valence-electron chi connectivity index (χ2n) is 10.8. The van der Waals surface area contributed by atoms with E-state index in [2.05, 4.69) is 103 Å². The molecule has 0 atom stereocenters. The van der Waals surface area contributed by atoms with Crippen LogP contribution in [0.15, 0.2) is 84.0 Å². The van der Waals surface area contributed by atoms with Crippen LogP contribution in [0.4, 0.5) is 17.1 Å². The Hall–Kier alpha value is -3.86. The number of benzene rings is 3. The summed E-state index contributed by atoms with van der Waals surface area (Å²) in [5.41, 5.74) is 7.07. The second kappa shape index (κ2) is 15.6. The van der Waals surface area contributed by atoms with E-state index in [-0.39, 0.29) is 41.0 Å². The second-order valence-corrected chi connectivity index (χ2v) is 11.6. The number of rotatable bonds is 5. The number of aldehydes is 1. The number of carbonyl (C=O) groups excluding carboxylic acids is 1. The molecule has 3 aromatic carbocycles. The van der Waals surface area contributed by atoms with Gasteiger partial charge in [-0.25, -0.2) is 0 Å². The highest BCUT2D eigenvalue weighted by atomic mass is 79.9. The van der Waals surface area contributed by atoms with Gasteiger partial charge in [0.1, 0.15) is 5.75 Å². The lowest BCUT2D eigenvalue weighted by molar-refractivity contribution is -0.384. The molecule has 0 fully saturated rings. The van der Waals surface area contributed by atoms with Gasteiger partial charge < -0.3 is 20.2 Å². The van der Waals surface area contributed by atoms with Crippen molar-refractivity contribution in [2.45, 2.75) is 45.4 Å². The Kier molecular flexibility index (Phi) is 12.8.